The maximum absolute atomic E-state index is 13.0. The first kappa shape index (κ1) is 12.9. The lowest BCUT2D eigenvalue weighted by Crippen LogP contribution is -2.30. The molecule has 0 bridgehead atoms. The highest BCUT2D eigenvalue weighted by atomic mass is 19.3. The number of ether oxygens (including phenoxy) is 1. The fraction of sp³-hybridized carbons (Fsp3) is 0.700. The molecule has 1 saturated heterocycles. The van der Waals surface area contributed by atoms with Crippen LogP contribution in [0.2, 0.25) is 0 Å². The summed E-state index contributed by atoms with van der Waals surface area (Å²) in [6.45, 7) is 1.47. The zero-order valence-electron chi connectivity index (χ0n) is 9.90. The molecule has 0 amide bonds. The van der Waals surface area contributed by atoms with Crippen molar-refractivity contribution in [3.05, 3.63) is 11.4 Å². The molecule has 100 valence electrons. The molecule has 2 rings (SSSR count). The lowest BCUT2D eigenvalue weighted by Gasteiger charge is -2.23. The normalized spacial score (nSPS) is 17.1. The Balaban J connectivity index is 2.35. The van der Waals surface area contributed by atoms with Gasteiger partial charge in [-0.15, -0.1) is 5.10 Å². The Morgan fingerprint density at radius 2 is 2.17 bits per heavy atom. The summed E-state index contributed by atoms with van der Waals surface area (Å²) in [6, 6.07) is -0.152. The second-order valence-electron chi connectivity index (χ2n) is 4.04. The van der Waals surface area contributed by atoms with Crippen LogP contribution in [0, 0.1) is 0 Å². The molecular formula is C10H14F2N4O2. The van der Waals surface area contributed by atoms with E-state index in [9.17, 15) is 13.6 Å². The van der Waals surface area contributed by atoms with Crippen molar-refractivity contribution in [2.45, 2.75) is 25.3 Å². The van der Waals surface area contributed by atoms with Crippen molar-refractivity contribution in [1.29, 1.82) is 0 Å². The molecule has 1 aromatic rings. The van der Waals surface area contributed by atoms with Gasteiger partial charge in [-0.1, -0.05) is 5.21 Å². The largest absolute Gasteiger partial charge is 0.464 e. The summed E-state index contributed by atoms with van der Waals surface area (Å²) in [7, 11) is 1.13. The first-order chi connectivity index (χ1) is 8.65. The summed E-state index contributed by atoms with van der Waals surface area (Å²) in [5, 5.41) is 10.3. The molecule has 0 atom stereocenters. The number of hydrogen-bond acceptors (Lipinski definition) is 5. The minimum atomic E-state index is -2.80. The van der Waals surface area contributed by atoms with Gasteiger partial charge in [0, 0.05) is 0 Å². The third-order valence-electron chi connectivity index (χ3n) is 2.97. The number of nitrogens with one attached hydrogen (secondary N) is 1. The molecule has 18 heavy (non-hydrogen) atoms. The molecule has 8 heteroatoms. The van der Waals surface area contributed by atoms with Gasteiger partial charge in [-0.2, -0.15) is 0 Å². The lowest BCUT2D eigenvalue weighted by atomic mass is 10.1. The second kappa shape index (κ2) is 5.38. The van der Waals surface area contributed by atoms with Gasteiger partial charge in [0.25, 0.3) is 6.43 Å². The number of hydrogen-bond donors (Lipinski definition) is 1. The summed E-state index contributed by atoms with van der Waals surface area (Å²) in [5.41, 5.74) is -0.847. The van der Waals surface area contributed by atoms with Gasteiger partial charge in [0.05, 0.1) is 13.2 Å². The number of aromatic nitrogens is 3. The fourth-order valence-corrected chi connectivity index (χ4v) is 2.07. The molecule has 0 aliphatic carbocycles. The molecule has 0 unspecified atom stereocenters. The average Bonchev–Trinajstić information content (AvgIpc) is 2.83. The summed E-state index contributed by atoms with van der Waals surface area (Å²) < 4.78 is 31.7. The number of carbonyl (C=O) groups excluding carboxylic acids is 1. The van der Waals surface area contributed by atoms with E-state index in [1.54, 1.807) is 0 Å². The molecule has 1 fully saturated rings. The van der Waals surface area contributed by atoms with Gasteiger partial charge in [0.15, 0.2) is 5.69 Å². The Morgan fingerprint density at radius 1 is 1.50 bits per heavy atom. The smallest absolute Gasteiger partial charge is 0.360 e. The number of nitrogens with zero attached hydrogens (tertiary/aromatic N) is 3. The maximum Gasteiger partial charge on any atom is 0.360 e. The number of piperidine rings is 1. The van der Waals surface area contributed by atoms with Crippen molar-refractivity contribution in [3.63, 3.8) is 0 Å². The van der Waals surface area contributed by atoms with Gasteiger partial charge >= 0.3 is 5.97 Å². The van der Waals surface area contributed by atoms with Crippen LogP contribution >= 0.6 is 0 Å². The molecule has 0 spiro atoms. The van der Waals surface area contributed by atoms with Crippen LogP contribution in [-0.2, 0) is 4.74 Å². The van der Waals surface area contributed by atoms with Crippen LogP contribution in [0.4, 0.5) is 8.78 Å². The van der Waals surface area contributed by atoms with Crippen molar-refractivity contribution < 1.29 is 18.3 Å². The molecule has 1 N–H and O–H groups in total. The van der Waals surface area contributed by atoms with Gasteiger partial charge in [-0.25, -0.2) is 18.3 Å². The molecular weight excluding hydrogens is 246 g/mol. The van der Waals surface area contributed by atoms with Gasteiger partial charge < -0.3 is 10.1 Å². The van der Waals surface area contributed by atoms with E-state index in [2.05, 4.69) is 20.4 Å². The third-order valence-corrected chi connectivity index (χ3v) is 2.97. The lowest BCUT2D eigenvalue weighted by molar-refractivity contribution is 0.0579. The first-order valence-corrected chi connectivity index (χ1v) is 5.67. The highest BCUT2D eigenvalue weighted by Gasteiger charge is 2.30. The van der Waals surface area contributed by atoms with Crippen LogP contribution in [0.3, 0.4) is 0 Å². The van der Waals surface area contributed by atoms with Crippen molar-refractivity contribution >= 4 is 5.97 Å². The summed E-state index contributed by atoms with van der Waals surface area (Å²) in [4.78, 5) is 11.4. The number of halogens is 2. The minimum absolute atomic E-state index is 0.152. The highest BCUT2D eigenvalue weighted by Crippen LogP contribution is 2.28. The predicted molar refractivity (Wildman–Crippen MR) is 57.5 cm³/mol. The summed E-state index contributed by atoms with van der Waals surface area (Å²) in [6.07, 6.45) is -1.43. The number of methoxy groups -OCH3 is 1. The molecule has 1 aromatic heterocycles. The van der Waals surface area contributed by atoms with E-state index in [4.69, 9.17) is 0 Å². The Kier molecular flexibility index (Phi) is 3.85. The minimum Gasteiger partial charge on any atom is -0.464 e. The molecule has 1 aliphatic heterocycles. The summed E-state index contributed by atoms with van der Waals surface area (Å²) >= 11 is 0. The van der Waals surface area contributed by atoms with Gasteiger partial charge in [-0.3, -0.25) is 0 Å². The van der Waals surface area contributed by atoms with Crippen LogP contribution in [0.5, 0.6) is 0 Å². The predicted octanol–water partition coefficient (Wildman–Crippen LogP) is 0.927. The SMILES string of the molecule is COC(=O)c1nnn(C2CCNCC2)c1C(F)F. The van der Waals surface area contributed by atoms with E-state index in [-0.39, 0.29) is 6.04 Å². The van der Waals surface area contributed by atoms with Crippen molar-refractivity contribution in [3.8, 4) is 0 Å². The topological polar surface area (TPSA) is 69.0 Å². The van der Waals surface area contributed by atoms with Crippen LogP contribution < -0.4 is 5.32 Å². The third kappa shape index (κ3) is 2.33. The van der Waals surface area contributed by atoms with Gasteiger partial charge in [-0.05, 0) is 25.9 Å². The zero-order chi connectivity index (χ0) is 13.1. The number of alkyl halides is 2. The number of rotatable bonds is 3. The number of esters is 1. The molecule has 0 saturated carbocycles. The van der Waals surface area contributed by atoms with Crippen molar-refractivity contribution in [2.75, 3.05) is 20.2 Å². The van der Waals surface area contributed by atoms with Crippen LogP contribution in [0.15, 0.2) is 0 Å². The Morgan fingerprint density at radius 3 is 2.72 bits per heavy atom. The summed E-state index contributed by atoms with van der Waals surface area (Å²) in [5.74, 6) is -0.884. The standard InChI is InChI=1S/C10H14F2N4O2/c1-18-10(17)7-8(9(11)12)16(15-14-7)6-2-4-13-5-3-6/h6,9,13H,2-5H2,1H3. The highest BCUT2D eigenvalue weighted by molar-refractivity contribution is 5.88. The second-order valence-corrected chi connectivity index (χ2v) is 4.04. The van der Waals surface area contributed by atoms with Crippen LogP contribution in [-0.4, -0.2) is 41.2 Å². The van der Waals surface area contributed by atoms with E-state index < -0.39 is 23.8 Å². The van der Waals surface area contributed by atoms with Crippen molar-refractivity contribution in [1.82, 2.24) is 20.3 Å². The quantitative estimate of drug-likeness (QED) is 0.819. The van der Waals surface area contributed by atoms with Crippen LogP contribution in [0.25, 0.3) is 0 Å². The average molecular weight is 260 g/mol. The van der Waals surface area contributed by atoms with E-state index in [0.717, 1.165) is 24.9 Å². The first-order valence-electron chi connectivity index (χ1n) is 5.67. The van der Waals surface area contributed by atoms with E-state index >= 15 is 0 Å². The van der Waals surface area contributed by atoms with Crippen molar-refractivity contribution in [2.24, 2.45) is 0 Å². The molecule has 1 aliphatic rings. The van der Waals surface area contributed by atoms with E-state index in [1.165, 1.54) is 0 Å². The molecule has 0 aromatic carbocycles. The Hall–Kier alpha value is -1.57. The van der Waals surface area contributed by atoms with Crippen LogP contribution in [0.1, 0.15) is 41.5 Å². The van der Waals surface area contributed by atoms with E-state index in [1.807, 2.05) is 0 Å². The van der Waals surface area contributed by atoms with Gasteiger partial charge in [0.2, 0.25) is 0 Å². The molecule has 6 nitrogen and oxygen atoms in total. The molecule has 2 heterocycles. The maximum atomic E-state index is 13.0. The Bertz CT molecular complexity index is 430. The molecule has 0 radical (unpaired) electrons. The number of carbonyl (C=O) groups is 1. The fourth-order valence-electron chi connectivity index (χ4n) is 2.07. The zero-order valence-corrected chi connectivity index (χ0v) is 9.90. The Labute approximate surface area is 102 Å². The van der Waals surface area contributed by atoms with E-state index in [0.29, 0.717) is 12.8 Å². The van der Waals surface area contributed by atoms with Gasteiger partial charge in [0.1, 0.15) is 5.69 Å². The monoisotopic (exact) mass is 260 g/mol.